The highest BCUT2D eigenvalue weighted by Gasteiger charge is 2.21. The Morgan fingerprint density at radius 3 is 2.05 bits per heavy atom. The van der Waals surface area contributed by atoms with Crippen LogP contribution in [0.2, 0.25) is 0 Å². The number of benzene rings is 2. The Labute approximate surface area is 132 Å². The van der Waals surface area contributed by atoms with E-state index in [-0.39, 0.29) is 0 Å². The van der Waals surface area contributed by atoms with Gasteiger partial charge >= 0.3 is 0 Å². The molecule has 0 unspecified atom stereocenters. The second kappa shape index (κ2) is 7.33. The van der Waals surface area contributed by atoms with Crippen molar-refractivity contribution in [3.05, 3.63) is 67.0 Å². The van der Waals surface area contributed by atoms with E-state index in [2.05, 4.69) is 82.4 Å². The fourth-order valence-corrected chi connectivity index (χ4v) is 4.68. The van der Waals surface area contributed by atoms with E-state index in [1.807, 2.05) is 0 Å². The molecule has 1 aromatic heterocycles. The van der Waals surface area contributed by atoms with Gasteiger partial charge in [-0.1, -0.05) is 74.0 Å². The van der Waals surface area contributed by atoms with Crippen LogP contribution >= 0.6 is 7.92 Å². The van der Waals surface area contributed by atoms with Crippen LogP contribution in [0, 0.1) is 0 Å². The fraction of sp³-hybridized carbons (Fsp3) is 0.222. The van der Waals surface area contributed by atoms with Crippen molar-refractivity contribution in [2.24, 2.45) is 0 Å². The SMILES string of the molecule is CCCCn1ncnc1P(c1ccccc1)c1ccccc1. The van der Waals surface area contributed by atoms with Crippen molar-refractivity contribution in [1.82, 2.24) is 14.8 Å². The first kappa shape index (κ1) is 14.9. The predicted molar refractivity (Wildman–Crippen MR) is 93.6 cm³/mol. The van der Waals surface area contributed by atoms with Gasteiger partial charge in [0.05, 0.1) is 0 Å². The second-order valence-electron chi connectivity index (χ2n) is 5.14. The van der Waals surface area contributed by atoms with Crippen molar-refractivity contribution < 1.29 is 0 Å². The molecule has 0 amide bonds. The zero-order chi connectivity index (χ0) is 15.2. The Morgan fingerprint density at radius 1 is 0.909 bits per heavy atom. The molecule has 0 fully saturated rings. The third kappa shape index (κ3) is 3.26. The normalized spacial score (nSPS) is 11.0. The van der Waals surface area contributed by atoms with Gasteiger partial charge in [-0.05, 0) is 17.0 Å². The third-order valence-electron chi connectivity index (χ3n) is 3.55. The molecule has 22 heavy (non-hydrogen) atoms. The number of unbranched alkanes of at least 4 members (excludes halogenated alkanes) is 1. The lowest BCUT2D eigenvalue weighted by Gasteiger charge is -2.18. The average molecular weight is 309 g/mol. The highest BCUT2D eigenvalue weighted by molar-refractivity contribution is 7.79. The van der Waals surface area contributed by atoms with Gasteiger partial charge in [0.1, 0.15) is 6.33 Å². The number of aryl methyl sites for hydroxylation is 1. The van der Waals surface area contributed by atoms with Crippen molar-refractivity contribution >= 4 is 24.1 Å². The average Bonchev–Trinajstić information content (AvgIpc) is 3.03. The topological polar surface area (TPSA) is 30.7 Å². The van der Waals surface area contributed by atoms with Crippen LogP contribution in [0.3, 0.4) is 0 Å². The molecule has 0 spiro atoms. The summed E-state index contributed by atoms with van der Waals surface area (Å²) < 4.78 is 2.08. The summed E-state index contributed by atoms with van der Waals surface area (Å²) in [7, 11) is -0.657. The Morgan fingerprint density at radius 2 is 1.50 bits per heavy atom. The Hall–Kier alpha value is -1.99. The molecule has 0 radical (unpaired) electrons. The van der Waals surface area contributed by atoms with Crippen molar-refractivity contribution in [2.45, 2.75) is 26.3 Å². The van der Waals surface area contributed by atoms with Crippen LogP contribution < -0.4 is 16.2 Å². The third-order valence-corrected chi connectivity index (χ3v) is 5.92. The first-order chi connectivity index (χ1) is 10.9. The summed E-state index contributed by atoms with van der Waals surface area (Å²) >= 11 is 0. The molecule has 0 bridgehead atoms. The van der Waals surface area contributed by atoms with Gasteiger partial charge in [-0.2, -0.15) is 5.10 Å². The standard InChI is InChI=1S/C18H20N3P/c1-2-3-14-21-18(19-15-20-21)22(16-10-6-4-7-11-16)17-12-8-5-9-13-17/h4-13,15H,2-3,14H2,1H3. The largest absolute Gasteiger partial charge is 0.246 e. The van der Waals surface area contributed by atoms with E-state index in [1.165, 1.54) is 10.6 Å². The maximum absolute atomic E-state index is 4.60. The molecule has 3 nitrogen and oxygen atoms in total. The highest BCUT2D eigenvalue weighted by atomic mass is 31.1. The first-order valence-corrected chi connectivity index (χ1v) is 9.02. The maximum Gasteiger partial charge on any atom is 0.158 e. The monoisotopic (exact) mass is 309 g/mol. The van der Waals surface area contributed by atoms with Gasteiger partial charge < -0.3 is 0 Å². The quantitative estimate of drug-likeness (QED) is 0.656. The minimum absolute atomic E-state index is 0.657. The van der Waals surface area contributed by atoms with Crippen LogP contribution in [-0.4, -0.2) is 14.8 Å². The number of rotatable bonds is 6. The molecule has 0 aliphatic rings. The van der Waals surface area contributed by atoms with Crippen LogP contribution in [0.25, 0.3) is 0 Å². The van der Waals surface area contributed by atoms with Gasteiger partial charge in [-0.25, -0.2) is 9.67 Å². The molecule has 0 saturated carbocycles. The van der Waals surface area contributed by atoms with Gasteiger partial charge in [0, 0.05) is 14.5 Å². The molecule has 4 heteroatoms. The lowest BCUT2D eigenvalue weighted by Crippen LogP contribution is -2.28. The van der Waals surface area contributed by atoms with Gasteiger partial charge in [0.15, 0.2) is 5.57 Å². The van der Waals surface area contributed by atoms with Crippen LogP contribution in [0.1, 0.15) is 19.8 Å². The molecule has 3 rings (SSSR count). The molecule has 0 aliphatic carbocycles. The van der Waals surface area contributed by atoms with Crippen LogP contribution in [0.4, 0.5) is 0 Å². The number of hydrogen-bond acceptors (Lipinski definition) is 2. The van der Waals surface area contributed by atoms with Gasteiger partial charge in [-0.15, -0.1) is 0 Å². The number of nitrogens with zero attached hydrogens (tertiary/aromatic N) is 3. The smallest absolute Gasteiger partial charge is 0.158 e. The van der Waals surface area contributed by atoms with Crippen molar-refractivity contribution in [1.29, 1.82) is 0 Å². The van der Waals surface area contributed by atoms with Gasteiger partial charge in [0.2, 0.25) is 0 Å². The summed E-state index contributed by atoms with van der Waals surface area (Å²) in [6.45, 7) is 3.14. The van der Waals surface area contributed by atoms with Crippen LogP contribution in [0.15, 0.2) is 67.0 Å². The van der Waals surface area contributed by atoms with E-state index in [1.54, 1.807) is 6.33 Å². The molecule has 112 valence electrons. The minimum Gasteiger partial charge on any atom is -0.246 e. The zero-order valence-electron chi connectivity index (χ0n) is 12.8. The van der Waals surface area contributed by atoms with E-state index in [0.717, 1.165) is 25.0 Å². The first-order valence-electron chi connectivity index (χ1n) is 7.68. The summed E-state index contributed by atoms with van der Waals surface area (Å²) in [6, 6.07) is 21.3. The van der Waals surface area contributed by atoms with Crippen molar-refractivity contribution in [3.63, 3.8) is 0 Å². The molecule has 0 aliphatic heterocycles. The number of aromatic nitrogens is 3. The van der Waals surface area contributed by atoms with E-state index in [4.69, 9.17) is 0 Å². The minimum atomic E-state index is -0.657. The second-order valence-corrected chi connectivity index (χ2v) is 7.25. The Kier molecular flexibility index (Phi) is 4.97. The molecule has 0 saturated heterocycles. The summed E-state index contributed by atoms with van der Waals surface area (Å²) in [4.78, 5) is 4.60. The molecule has 0 N–H and O–H groups in total. The Balaban J connectivity index is 2.05. The van der Waals surface area contributed by atoms with Crippen molar-refractivity contribution in [3.8, 4) is 0 Å². The highest BCUT2D eigenvalue weighted by Crippen LogP contribution is 2.31. The Bertz CT molecular complexity index is 655. The van der Waals surface area contributed by atoms with E-state index < -0.39 is 7.92 Å². The molecule has 1 heterocycles. The maximum atomic E-state index is 4.60. The molecule has 0 atom stereocenters. The summed E-state index contributed by atoms with van der Waals surface area (Å²) in [5, 5.41) is 7.08. The van der Waals surface area contributed by atoms with Crippen LogP contribution in [0.5, 0.6) is 0 Å². The predicted octanol–water partition coefficient (Wildman–Crippen LogP) is 2.84. The lowest BCUT2D eigenvalue weighted by molar-refractivity contribution is 0.584. The van der Waals surface area contributed by atoms with Gasteiger partial charge in [0.25, 0.3) is 0 Å². The van der Waals surface area contributed by atoms with Crippen LogP contribution in [-0.2, 0) is 6.54 Å². The zero-order valence-corrected chi connectivity index (χ0v) is 13.7. The van der Waals surface area contributed by atoms with E-state index in [9.17, 15) is 0 Å². The summed E-state index contributed by atoms with van der Waals surface area (Å²) in [5.74, 6) is 0. The lowest BCUT2D eigenvalue weighted by atomic mass is 10.3. The van der Waals surface area contributed by atoms with E-state index >= 15 is 0 Å². The summed E-state index contributed by atoms with van der Waals surface area (Å²) in [5.41, 5.74) is 1.08. The van der Waals surface area contributed by atoms with Gasteiger partial charge in [-0.3, -0.25) is 0 Å². The van der Waals surface area contributed by atoms with Crippen molar-refractivity contribution in [2.75, 3.05) is 0 Å². The molecule has 3 aromatic rings. The molecular formula is C18H20N3P. The molecular weight excluding hydrogens is 289 g/mol. The summed E-state index contributed by atoms with van der Waals surface area (Å²) in [6.07, 6.45) is 3.98. The number of hydrogen-bond donors (Lipinski definition) is 0. The molecule has 2 aromatic carbocycles. The fourth-order valence-electron chi connectivity index (χ4n) is 2.43. The van der Waals surface area contributed by atoms with E-state index in [0.29, 0.717) is 0 Å².